The molecule has 2 rings (SSSR count). The zero-order valence-electron chi connectivity index (χ0n) is 12.5. The number of rotatable bonds is 6. The van der Waals surface area contributed by atoms with Gasteiger partial charge in [0, 0.05) is 30.1 Å². The number of hydrogen-bond acceptors (Lipinski definition) is 4. The maximum absolute atomic E-state index is 12.3. The molecule has 0 aliphatic carbocycles. The molecular weight excluding hydrogens is 286 g/mol. The lowest BCUT2D eigenvalue weighted by molar-refractivity contribution is -0.118. The van der Waals surface area contributed by atoms with E-state index < -0.39 is 0 Å². The van der Waals surface area contributed by atoms with Gasteiger partial charge in [0.15, 0.2) is 11.5 Å². The number of hydrogen-bond donors (Lipinski definition) is 0. The normalized spacial score (nSPS) is 10.2. The summed E-state index contributed by atoms with van der Waals surface area (Å²) >= 11 is 1.68. The molecule has 0 aliphatic heterocycles. The van der Waals surface area contributed by atoms with Gasteiger partial charge in [-0.1, -0.05) is 6.07 Å². The van der Waals surface area contributed by atoms with Crippen LogP contribution >= 0.6 is 11.3 Å². The number of nitrogens with zero attached hydrogens (tertiary/aromatic N) is 1. The lowest BCUT2D eigenvalue weighted by Gasteiger charge is -2.19. The van der Waals surface area contributed by atoms with Gasteiger partial charge >= 0.3 is 0 Å². The van der Waals surface area contributed by atoms with E-state index in [0.29, 0.717) is 17.9 Å². The Morgan fingerprint density at radius 2 is 1.95 bits per heavy atom. The third kappa shape index (κ3) is 3.76. The van der Waals surface area contributed by atoms with Gasteiger partial charge in [-0.25, -0.2) is 0 Å². The first-order chi connectivity index (χ1) is 10.2. The molecule has 1 amide bonds. The molecule has 0 spiro atoms. The average Bonchev–Trinajstić information content (AvgIpc) is 3.04. The Morgan fingerprint density at radius 3 is 2.57 bits per heavy atom. The van der Waals surface area contributed by atoms with Crippen LogP contribution in [0.4, 0.5) is 5.69 Å². The molecule has 0 aliphatic rings. The predicted octanol–water partition coefficient (Wildman–Crippen LogP) is 3.36. The maximum atomic E-state index is 12.3. The van der Waals surface area contributed by atoms with Crippen molar-refractivity contribution >= 4 is 22.9 Å². The second kappa shape index (κ2) is 7.13. The van der Waals surface area contributed by atoms with Crippen LogP contribution in [0, 0.1) is 0 Å². The van der Waals surface area contributed by atoms with E-state index in [2.05, 4.69) is 0 Å². The summed E-state index contributed by atoms with van der Waals surface area (Å²) in [5, 5.41) is 2.03. The molecule has 1 aromatic carbocycles. The largest absolute Gasteiger partial charge is 0.493 e. The van der Waals surface area contributed by atoms with Crippen LogP contribution in [0.15, 0.2) is 35.7 Å². The maximum Gasteiger partial charge on any atom is 0.227 e. The Kier molecular flexibility index (Phi) is 5.22. The van der Waals surface area contributed by atoms with E-state index in [1.807, 2.05) is 29.6 Å². The smallest absolute Gasteiger partial charge is 0.227 e. The van der Waals surface area contributed by atoms with Gasteiger partial charge in [0.1, 0.15) is 0 Å². The third-order valence-electron chi connectivity index (χ3n) is 3.29. The van der Waals surface area contributed by atoms with E-state index in [1.165, 1.54) is 4.88 Å². The van der Waals surface area contributed by atoms with Gasteiger partial charge in [0.2, 0.25) is 5.91 Å². The van der Waals surface area contributed by atoms with Crippen molar-refractivity contribution < 1.29 is 14.3 Å². The minimum absolute atomic E-state index is 0.0793. The van der Waals surface area contributed by atoms with Crippen LogP contribution in [-0.2, 0) is 11.2 Å². The van der Waals surface area contributed by atoms with Crippen LogP contribution in [0.3, 0.4) is 0 Å². The summed E-state index contributed by atoms with van der Waals surface area (Å²) in [6.07, 6.45) is 1.26. The first kappa shape index (κ1) is 15.4. The second-order valence-corrected chi connectivity index (χ2v) is 5.60. The quantitative estimate of drug-likeness (QED) is 0.821. The van der Waals surface area contributed by atoms with Crippen molar-refractivity contribution in [3.63, 3.8) is 0 Å². The zero-order chi connectivity index (χ0) is 15.2. The van der Waals surface area contributed by atoms with Crippen LogP contribution in [0.2, 0.25) is 0 Å². The number of methoxy groups -OCH3 is 2. The second-order valence-electron chi connectivity index (χ2n) is 4.57. The number of amides is 1. The Balaban J connectivity index is 2.04. The van der Waals surface area contributed by atoms with E-state index in [4.69, 9.17) is 9.47 Å². The Hall–Kier alpha value is -2.01. The molecule has 0 radical (unpaired) electrons. The zero-order valence-corrected chi connectivity index (χ0v) is 13.3. The monoisotopic (exact) mass is 305 g/mol. The SMILES string of the molecule is COc1ccc(N(C)C(=O)CCc2cccs2)cc1OC. The number of aryl methyl sites for hydroxylation is 1. The number of carbonyl (C=O) groups is 1. The number of benzene rings is 1. The van der Waals surface area contributed by atoms with Crippen LogP contribution in [0.1, 0.15) is 11.3 Å². The standard InChI is InChI=1S/C16H19NO3S/c1-17(16(18)9-7-13-5-4-10-21-13)12-6-8-14(19-2)15(11-12)20-3/h4-6,8,10-11H,7,9H2,1-3H3. The van der Waals surface area contributed by atoms with E-state index in [1.54, 1.807) is 43.6 Å². The summed E-state index contributed by atoms with van der Waals surface area (Å²) in [6, 6.07) is 9.51. The number of ether oxygens (including phenoxy) is 2. The number of thiophene rings is 1. The molecule has 0 unspecified atom stereocenters. The van der Waals surface area contributed by atoms with Crippen molar-refractivity contribution in [3.05, 3.63) is 40.6 Å². The molecule has 112 valence electrons. The van der Waals surface area contributed by atoms with E-state index >= 15 is 0 Å². The molecule has 0 saturated heterocycles. The molecular formula is C16H19NO3S. The topological polar surface area (TPSA) is 38.8 Å². The fraction of sp³-hybridized carbons (Fsp3) is 0.312. The molecule has 0 atom stereocenters. The van der Waals surface area contributed by atoms with Crippen LogP contribution in [-0.4, -0.2) is 27.2 Å². The molecule has 1 aromatic heterocycles. The summed E-state index contributed by atoms with van der Waals surface area (Å²) in [5.74, 6) is 1.35. The summed E-state index contributed by atoms with van der Waals surface area (Å²) in [6.45, 7) is 0. The molecule has 0 fully saturated rings. The van der Waals surface area contributed by atoms with Crippen LogP contribution < -0.4 is 14.4 Å². The highest BCUT2D eigenvalue weighted by Gasteiger charge is 2.13. The predicted molar refractivity (Wildman–Crippen MR) is 85.6 cm³/mol. The van der Waals surface area contributed by atoms with Gasteiger partial charge in [-0.3, -0.25) is 4.79 Å². The van der Waals surface area contributed by atoms with Crippen molar-refractivity contribution in [3.8, 4) is 11.5 Å². The van der Waals surface area contributed by atoms with E-state index in [0.717, 1.165) is 12.1 Å². The lowest BCUT2D eigenvalue weighted by Crippen LogP contribution is -2.26. The van der Waals surface area contributed by atoms with E-state index in [9.17, 15) is 4.79 Å². The Morgan fingerprint density at radius 1 is 1.19 bits per heavy atom. The molecule has 2 aromatic rings. The van der Waals surface area contributed by atoms with E-state index in [-0.39, 0.29) is 5.91 Å². The first-order valence-corrected chi connectivity index (χ1v) is 7.54. The molecule has 4 nitrogen and oxygen atoms in total. The molecule has 21 heavy (non-hydrogen) atoms. The van der Waals surface area contributed by atoms with Crippen molar-refractivity contribution in [1.29, 1.82) is 0 Å². The van der Waals surface area contributed by atoms with Gasteiger partial charge < -0.3 is 14.4 Å². The van der Waals surface area contributed by atoms with Crippen LogP contribution in [0.25, 0.3) is 0 Å². The van der Waals surface area contributed by atoms with Crippen LogP contribution in [0.5, 0.6) is 11.5 Å². The first-order valence-electron chi connectivity index (χ1n) is 6.66. The van der Waals surface area contributed by atoms with Gasteiger partial charge in [0.05, 0.1) is 14.2 Å². The van der Waals surface area contributed by atoms with Gasteiger partial charge in [-0.15, -0.1) is 11.3 Å². The highest BCUT2D eigenvalue weighted by molar-refractivity contribution is 7.09. The molecule has 5 heteroatoms. The minimum atomic E-state index is 0.0793. The highest BCUT2D eigenvalue weighted by atomic mass is 32.1. The summed E-state index contributed by atoms with van der Waals surface area (Å²) in [5.41, 5.74) is 0.795. The number of carbonyl (C=O) groups excluding carboxylic acids is 1. The van der Waals surface area contributed by atoms with Crippen molar-refractivity contribution in [2.75, 3.05) is 26.2 Å². The third-order valence-corrected chi connectivity index (χ3v) is 4.23. The fourth-order valence-corrected chi connectivity index (χ4v) is 2.74. The molecule has 0 saturated carbocycles. The number of anilines is 1. The summed E-state index contributed by atoms with van der Waals surface area (Å²) in [7, 11) is 4.95. The molecule has 0 bridgehead atoms. The van der Waals surface area contributed by atoms with Gasteiger partial charge in [-0.05, 0) is 30.0 Å². The highest BCUT2D eigenvalue weighted by Crippen LogP contribution is 2.31. The fourth-order valence-electron chi connectivity index (χ4n) is 2.03. The van der Waals surface area contributed by atoms with Gasteiger partial charge in [0.25, 0.3) is 0 Å². The molecule has 1 heterocycles. The Labute approximate surface area is 128 Å². The summed E-state index contributed by atoms with van der Waals surface area (Å²) < 4.78 is 10.5. The van der Waals surface area contributed by atoms with Crippen molar-refractivity contribution in [2.45, 2.75) is 12.8 Å². The summed E-state index contributed by atoms with van der Waals surface area (Å²) in [4.78, 5) is 15.1. The van der Waals surface area contributed by atoms with Crippen molar-refractivity contribution in [2.24, 2.45) is 0 Å². The van der Waals surface area contributed by atoms with Crippen molar-refractivity contribution in [1.82, 2.24) is 0 Å². The lowest BCUT2D eigenvalue weighted by atomic mass is 10.2. The average molecular weight is 305 g/mol. The minimum Gasteiger partial charge on any atom is -0.493 e. The Bertz CT molecular complexity index is 596. The van der Waals surface area contributed by atoms with Gasteiger partial charge in [-0.2, -0.15) is 0 Å². The molecule has 0 N–H and O–H groups in total.